The van der Waals surface area contributed by atoms with Gasteiger partial charge in [0.25, 0.3) is 0 Å². The van der Waals surface area contributed by atoms with Crippen LogP contribution in [0.1, 0.15) is 39.0 Å². The quantitative estimate of drug-likeness (QED) is 0.171. The van der Waals surface area contributed by atoms with Crippen molar-refractivity contribution in [3.63, 3.8) is 0 Å². The number of nitrogens with two attached hydrogens (primary N) is 1. The lowest BCUT2D eigenvalue weighted by Gasteiger charge is -2.08. The van der Waals surface area contributed by atoms with Crippen molar-refractivity contribution < 1.29 is 14.3 Å². The number of anilines is 1. The molecule has 0 bridgehead atoms. The number of carbonyl (C=O) groups excluding carboxylic acids is 1. The van der Waals surface area contributed by atoms with E-state index in [1.807, 2.05) is 13.0 Å². The predicted octanol–water partition coefficient (Wildman–Crippen LogP) is 4.21. The average Bonchev–Trinajstić information content (AvgIpc) is 2.54. The normalized spacial score (nSPS) is 10.8. The van der Waals surface area contributed by atoms with Crippen molar-refractivity contribution in [2.45, 2.75) is 39.0 Å². The molecule has 3 N–H and O–H groups in total. The van der Waals surface area contributed by atoms with Crippen LogP contribution in [-0.2, 0) is 9.53 Å². The number of nitrogens with zero attached hydrogens (tertiary/aromatic N) is 1. The molecule has 8 heteroatoms. The van der Waals surface area contributed by atoms with Gasteiger partial charge in [-0.2, -0.15) is 0 Å². The summed E-state index contributed by atoms with van der Waals surface area (Å²) in [6, 6.07) is 5.32. The number of ether oxygens (including phenoxy) is 2. The van der Waals surface area contributed by atoms with Crippen molar-refractivity contribution in [2.75, 3.05) is 25.6 Å². The first-order valence-corrected chi connectivity index (χ1v) is 8.50. The summed E-state index contributed by atoms with van der Waals surface area (Å²) in [6.07, 6.45) is 4.24. The fraction of sp³-hybridized carbons (Fsp3) is 0.529. The van der Waals surface area contributed by atoms with E-state index in [-0.39, 0.29) is 29.9 Å². The zero-order chi connectivity index (χ0) is 17.8. The van der Waals surface area contributed by atoms with E-state index in [1.54, 1.807) is 19.2 Å². The first-order chi connectivity index (χ1) is 11.6. The van der Waals surface area contributed by atoms with Crippen LogP contribution >= 0.6 is 35.6 Å². The van der Waals surface area contributed by atoms with Crippen molar-refractivity contribution in [2.24, 2.45) is 10.7 Å². The second kappa shape index (κ2) is 14.0. The molecule has 0 aliphatic rings. The van der Waals surface area contributed by atoms with Crippen LogP contribution in [0.2, 0.25) is 5.02 Å². The number of rotatable bonds is 10. The van der Waals surface area contributed by atoms with Gasteiger partial charge in [0.1, 0.15) is 5.75 Å². The standard InChI is InChI=1S/C17H26ClN3O3.HI/c1-3-24-16(22)8-6-4-5-7-11-20-17(19)21-13-9-10-15(23-2)14(18)12-13;/h9-10,12H,3-8,11H2,1-2H3,(H3,19,20,21);1H. The summed E-state index contributed by atoms with van der Waals surface area (Å²) < 4.78 is 9.97. The van der Waals surface area contributed by atoms with E-state index >= 15 is 0 Å². The van der Waals surface area contributed by atoms with Gasteiger partial charge in [0.2, 0.25) is 0 Å². The van der Waals surface area contributed by atoms with Gasteiger partial charge in [-0.05, 0) is 38.0 Å². The summed E-state index contributed by atoms with van der Waals surface area (Å²) in [6.45, 7) is 2.90. The highest BCUT2D eigenvalue weighted by atomic mass is 127. The molecular weight excluding hydrogens is 457 g/mol. The van der Waals surface area contributed by atoms with Crippen LogP contribution in [0.3, 0.4) is 0 Å². The number of guanidine groups is 1. The van der Waals surface area contributed by atoms with Gasteiger partial charge in [0, 0.05) is 18.7 Å². The fourth-order valence-electron chi connectivity index (χ4n) is 2.10. The summed E-state index contributed by atoms with van der Waals surface area (Å²) >= 11 is 6.05. The topological polar surface area (TPSA) is 85.9 Å². The first-order valence-electron chi connectivity index (χ1n) is 8.13. The molecule has 0 aliphatic heterocycles. The smallest absolute Gasteiger partial charge is 0.305 e. The molecule has 25 heavy (non-hydrogen) atoms. The number of hydrogen-bond acceptors (Lipinski definition) is 4. The Hall–Kier alpha value is -1.22. The van der Waals surface area contributed by atoms with Gasteiger partial charge in [0.05, 0.1) is 18.7 Å². The van der Waals surface area contributed by atoms with Gasteiger partial charge in [-0.1, -0.05) is 24.4 Å². The Labute approximate surface area is 171 Å². The van der Waals surface area contributed by atoms with E-state index in [2.05, 4.69) is 10.3 Å². The average molecular weight is 484 g/mol. The Morgan fingerprint density at radius 3 is 2.64 bits per heavy atom. The van der Waals surface area contributed by atoms with Crippen molar-refractivity contribution in [1.82, 2.24) is 0 Å². The molecular formula is C17H27ClIN3O3. The van der Waals surface area contributed by atoms with Crippen molar-refractivity contribution in [3.8, 4) is 5.75 Å². The Morgan fingerprint density at radius 1 is 1.28 bits per heavy atom. The molecule has 0 aliphatic carbocycles. The largest absolute Gasteiger partial charge is 0.495 e. The zero-order valence-electron chi connectivity index (χ0n) is 14.7. The summed E-state index contributed by atoms with van der Waals surface area (Å²) in [5.74, 6) is 0.838. The van der Waals surface area contributed by atoms with Crippen LogP contribution in [0, 0.1) is 0 Å². The SMILES string of the molecule is CCOC(=O)CCCCCCN=C(N)Nc1ccc(OC)c(Cl)c1.I. The highest BCUT2D eigenvalue weighted by molar-refractivity contribution is 14.0. The summed E-state index contributed by atoms with van der Waals surface area (Å²) in [7, 11) is 1.57. The molecule has 0 radical (unpaired) electrons. The molecule has 0 fully saturated rings. The highest BCUT2D eigenvalue weighted by Gasteiger charge is 2.03. The molecule has 0 saturated carbocycles. The van der Waals surface area contributed by atoms with Gasteiger partial charge >= 0.3 is 5.97 Å². The van der Waals surface area contributed by atoms with Crippen LogP contribution < -0.4 is 15.8 Å². The van der Waals surface area contributed by atoms with E-state index in [0.717, 1.165) is 31.4 Å². The van der Waals surface area contributed by atoms with Crippen LogP contribution in [-0.4, -0.2) is 32.2 Å². The maximum absolute atomic E-state index is 11.2. The van der Waals surface area contributed by atoms with E-state index in [1.165, 1.54) is 0 Å². The third-order valence-electron chi connectivity index (χ3n) is 3.30. The number of halogens is 2. The molecule has 1 rings (SSSR count). The number of nitrogens with one attached hydrogen (secondary N) is 1. The van der Waals surface area contributed by atoms with Crippen molar-refractivity contribution in [1.29, 1.82) is 0 Å². The lowest BCUT2D eigenvalue weighted by molar-refractivity contribution is -0.143. The van der Waals surface area contributed by atoms with Crippen molar-refractivity contribution >= 4 is 53.2 Å². The minimum Gasteiger partial charge on any atom is -0.495 e. The highest BCUT2D eigenvalue weighted by Crippen LogP contribution is 2.26. The zero-order valence-corrected chi connectivity index (χ0v) is 17.8. The third-order valence-corrected chi connectivity index (χ3v) is 3.60. The molecule has 0 spiro atoms. The van der Waals surface area contributed by atoms with Gasteiger partial charge in [0.15, 0.2) is 5.96 Å². The number of hydrogen-bond donors (Lipinski definition) is 2. The molecule has 0 heterocycles. The van der Waals surface area contributed by atoms with Crippen LogP contribution in [0.4, 0.5) is 5.69 Å². The Morgan fingerprint density at radius 2 is 2.00 bits per heavy atom. The monoisotopic (exact) mass is 483 g/mol. The lowest BCUT2D eigenvalue weighted by atomic mass is 10.1. The van der Waals surface area contributed by atoms with E-state index in [4.69, 9.17) is 26.8 Å². The van der Waals surface area contributed by atoms with Crippen LogP contribution in [0.25, 0.3) is 0 Å². The van der Waals surface area contributed by atoms with Gasteiger partial charge < -0.3 is 20.5 Å². The Balaban J connectivity index is 0.00000576. The number of esters is 1. The first kappa shape index (κ1) is 23.8. The maximum Gasteiger partial charge on any atom is 0.305 e. The van der Waals surface area contributed by atoms with E-state index in [0.29, 0.717) is 36.3 Å². The second-order valence-corrected chi connectivity index (χ2v) is 5.62. The van der Waals surface area contributed by atoms with Crippen molar-refractivity contribution in [3.05, 3.63) is 23.2 Å². The molecule has 1 aromatic rings. The third kappa shape index (κ3) is 10.4. The molecule has 0 atom stereocenters. The van der Waals surface area contributed by atoms with E-state index < -0.39 is 0 Å². The van der Waals surface area contributed by atoms with Gasteiger partial charge in [-0.3, -0.25) is 9.79 Å². The molecule has 0 unspecified atom stereocenters. The fourth-order valence-corrected chi connectivity index (χ4v) is 2.36. The molecule has 0 aromatic heterocycles. The van der Waals surface area contributed by atoms with Gasteiger partial charge in [-0.25, -0.2) is 0 Å². The number of methoxy groups -OCH3 is 1. The maximum atomic E-state index is 11.2. The van der Waals surface area contributed by atoms with Crippen LogP contribution in [0.5, 0.6) is 5.75 Å². The van der Waals surface area contributed by atoms with Gasteiger partial charge in [-0.15, -0.1) is 24.0 Å². The molecule has 142 valence electrons. The summed E-state index contributed by atoms with van der Waals surface area (Å²) in [5.41, 5.74) is 6.60. The van der Waals surface area contributed by atoms with E-state index in [9.17, 15) is 4.79 Å². The number of aliphatic imine (C=N–C) groups is 1. The second-order valence-electron chi connectivity index (χ2n) is 5.21. The Bertz CT molecular complexity index is 556. The molecule has 1 aromatic carbocycles. The predicted molar refractivity (Wildman–Crippen MR) is 113 cm³/mol. The summed E-state index contributed by atoms with van der Waals surface area (Å²) in [4.78, 5) is 15.4. The number of benzene rings is 1. The lowest BCUT2D eigenvalue weighted by Crippen LogP contribution is -2.22. The van der Waals surface area contributed by atoms with Crippen LogP contribution in [0.15, 0.2) is 23.2 Å². The molecule has 6 nitrogen and oxygen atoms in total. The Kier molecular flexibility index (Phi) is 13.3. The minimum atomic E-state index is -0.123. The minimum absolute atomic E-state index is 0. The number of carbonyl (C=O) groups is 1. The molecule has 0 amide bonds. The molecule has 0 saturated heterocycles. The number of unbranched alkanes of at least 4 members (excludes halogenated alkanes) is 3. The summed E-state index contributed by atoms with van der Waals surface area (Å²) in [5, 5.41) is 3.50.